The topological polar surface area (TPSA) is 74.6 Å². The van der Waals surface area contributed by atoms with E-state index in [9.17, 15) is 8.42 Å². The van der Waals surface area contributed by atoms with Gasteiger partial charge in [-0.05, 0) is 44.0 Å². The molecule has 1 aliphatic heterocycles. The van der Waals surface area contributed by atoms with Gasteiger partial charge < -0.3 is 9.73 Å². The second-order valence-electron chi connectivity index (χ2n) is 5.08. The predicted molar refractivity (Wildman–Crippen MR) is 77.3 cm³/mol. The zero-order valence-corrected chi connectivity index (χ0v) is 12.7. The summed E-state index contributed by atoms with van der Waals surface area (Å²) in [6.45, 7) is 5.23. The van der Waals surface area contributed by atoms with Gasteiger partial charge in [0, 0.05) is 13.1 Å². The standard InChI is InChI=1S/C13H23N3O3S/c1-2-14-9-12-5-3-7-16(11-12)20(17,18)15-10-13-6-4-8-19-13/h4,6,8,12,14-15H,2-3,5,7,9-11H2,1H3. The molecule has 0 amide bonds. The highest BCUT2D eigenvalue weighted by Crippen LogP contribution is 2.18. The van der Waals surface area contributed by atoms with E-state index < -0.39 is 10.2 Å². The van der Waals surface area contributed by atoms with Crippen LogP contribution in [0.2, 0.25) is 0 Å². The molecule has 114 valence electrons. The van der Waals surface area contributed by atoms with Gasteiger partial charge in [0.05, 0.1) is 12.8 Å². The van der Waals surface area contributed by atoms with E-state index in [0.29, 0.717) is 24.8 Å². The van der Waals surface area contributed by atoms with Crippen molar-refractivity contribution < 1.29 is 12.8 Å². The monoisotopic (exact) mass is 301 g/mol. The maximum atomic E-state index is 12.3. The molecule has 1 saturated heterocycles. The first-order chi connectivity index (χ1) is 9.62. The lowest BCUT2D eigenvalue weighted by Gasteiger charge is -2.31. The van der Waals surface area contributed by atoms with E-state index in [2.05, 4.69) is 17.0 Å². The van der Waals surface area contributed by atoms with Gasteiger partial charge in [-0.15, -0.1) is 0 Å². The fourth-order valence-corrected chi connectivity index (χ4v) is 3.71. The van der Waals surface area contributed by atoms with Gasteiger partial charge >= 0.3 is 0 Å². The summed E-state index contributed by atoms with van der Waals surface area (Å²) in [7, 11) is -3.42. The van der Waals surface area contributed by atoms with Crippen molar-refractivity contribution in [3.63, 3.8) is 0 Å². The van der Waals surface area contributed by atoms with Gasteiger partial charge in [0.2, 0.25) is 0 Å². The molecule has 0 saturated carbocycles. The van der Waals surface area contributed by atoms with E-state index in [1.54, 1.807) is 16.4 Å². The normalized spacial score (nSPS) is 21.1. The summed E-state index contributed by atoms with van der Waals surface area (Å²) in [5, 5.41) is 3.29. The number of rotatable bonds is 7. The van der Waals surface area contributed by atoms with Crippen LogP contribution >= 0.6 is 0 Å². The van der Waals surface area contributed by atoms with Crippen molar-refractivity contribution in [3.8, 4) is 0 Å². The number of piperidine rings is 1. The van der Waals surface area contributed by atoms with Crippen LogP contribution in [0.25, 0.3) is 0 Å². The van der Waals surface area contributed by atoms with Gasteiger partial charge in [0.15, 0.2) is 0 Å². The van der Waals surface area contributed by atoms with Crippen molar-refractivity contribution in [3.05, 3.63) is 24.2 Å². The molecule has 2 heterocycles. The second kappa shape index (κ2) is 7.21. The summed E-state index contributed by atoms with van der Waals surface area (Å²) in [5.41, 5.74) is 0. The molecule has 1 atom stereocenters. The van der Waals surface area contributed by atoms with Gasteiger partial charge in [-0.2, -0.15) is 17.4 Å². The average Bonchev–Trinajstić information content (AvgIpc) is 2.97. The predicted octanol–water partition coefficient (Wildman–Crippen LogP) is 0.936. The minimum absolute atomic E-state index is 0.198. The molecule has 2 rings (SSSR count). The molecule has 1 unspecified atom stereocenters. The van der Waals surface area contributed by atoms with E-state index in [4.69, 9.17) is 4.42 Å². The third kappa shape index (κ3) is 4.31. The molecule has 0 spiro atoms. The van der Waals surface area contributed by atoms with Crippen molar-refractivity contribution >= 4 is 10.2 Å². The van der Waals surface area contributed by atoms with Crippen LogP contribution < -0.4 is 10.0 Å². The SMILES string of the molecule is CCNCC1CCCN(S(=O)(=O)NCc2ccco2)C1. The largest absolute Gasteiger partial charge is 0.468 e. The van der Waals surface area contributed by atoms with Crippen molar-refractivity contribution in [2.45, 2.75) is 26.3 Å². The van der Waals surface area contributed by atoms with Gasteiger partial charge in [-0.1, -0.05) is 6.92 Å². The van der Waals surface area contributed by atoms with Crippen LogP contribution in [0.5, 0.6) is 0 Å². The Labute approximate surface area is 120 Å². The third-order valence-electron chi connectivity index (χ3n) is 3.51. The van der Waals surface area contributed by atoms with Crippen molar-refractivity contribution in [1.82, 2.24) is 14.3 Å². The molecule has 2 N–H and O–H groups in total. The highest BCUT2D eigenvalue weighted by atomic mass is 32.2. The zero-order chi connectivity index (χ0) is 14.4. The Morgan fingerprint density at radius 1 is 1.50 bits per heavy atom. The lowest BCUT2D eigenvalue weighted by molar-refractivity contribution is 0.258. The van der Waals surface area contributed by atoms with Crippen LogP contribution in [0.3, 0.4) is 0 Å². The summed E-state index contributed by atoms with van der Waals surface area (Å²) in [5.74, 6) is 1.01. The summed E-state index contributed by atoms with van der Waals surface area (Å²) >= 11 is 0. The number of hydrogen-bond donors (Lipinski definition) is 2. The van der Waals surface area contributed by atoms with E-state index in [-0.39, 0.29) is 6.54 Å². The van der Waals surface area contributed by atoms with E-state index in [0.717, 1.165) is 25.9 Å². The Hall–Kier alpha value is -0.890. The molecule has 1 aromatic heterocycles. The van der Waals surface area contributed by atoms with E-state index >= 15 is 0 Å². The molecule has 1 aromatic rings. The fourth-order valence-electron chi connectivity index (χ4n) is 2.43. The molecular weight excluding hydrogens is 278 g/mol. The molecule has 0 radical (unpaired) electrons. The van der Waals surface area contributed by atoms with Crippen molar-refractivity contribution in [2.75, 3.05) is 26.2 Å². The van der Waals surface area contributed by atoms with E-state index in [1.807, 2.05) is 0 Å². The average molecular weight is 301 g/mol. The van der Waals surface area contributed by atoms with Gasteiger partial charge in [-0.3, -0.25) is 0 Å². The molecule has 0 bridgehead atoms. The van der Waals surface area contributed by atoms with Crippen molar-refractivity contribution in [1.29, 1.82) is 0 Å². The summed E-state index contributed by atoms with van der Waals surface area (Å²) in [6.07, 6.45) is 3.53. The van der Waals surface area contributed by atoms with Crippen LogP contribution in [0, 0.1) is 5.92 Å². The Morgan fingerprint density at radius 2 is 2.35 bits per heavy atom. The van der Waals surface area contributed by atoms with Crippen LogP contribution in [0.1, 0.15) is 25.5 Å². The highest BCUT2D eigenvalue weighted by molar-refractivity contribution is 7.87. The molecule has 7 heteroatoms. The minimum atomic E-state index is -3.42. The summed E-state index contributed by atoms with van der Waals surface area (Å²) < 4.78 is 33.8. The summed E-state index contributed by atoms with van der Waals surface area (Å²) in [6, 6.07) is 3.50. The Bertz CT molecular complexity index is 487. The molecule has 0 aliphatic carbocycles. The third-order valence-corrected chi connectivity index (χ3v) is 5.03. The first kappa shape index (κ1) is 15.5. The Kier molecular flexibility index (Phi) is 5.59. The molecule has 1 fully saturated rings. The van der Waals surface area contributed by atoms with Crippen LogP contribution in [0.15, 0.2) is 22.8 Å². The van der Waals surface area contributed by atoms with Crippen molar-refractivity contribution in [2.24, 2.45) is 5.92 Å². The number of nitrogens with zero attached hydrogens (tertiary/aromatic N) is 1. The highest BCUT2D eigenvalue weighted by Gasteiger charge is 2.28. The van der Waals surface area contributed by atoms with Gasteiger partial charge in [-0.25, -0.2) is 0 Å². The lowest BCUT2D eigenvalue weighted by Crippen LogP contribution is -2.47. The Morgan fingerprint density at radius 3 is 3.05 bits per heavy atom. The smallest absolute Gasteiger partial charge is 0.279 e. The zero-order valence-electron chi connectivity index (χ0n) is 11.8. The second-order valence-corrected chi connectivity index (χ2v) is 6.83. The van der Waals surface area contributed by atoms with Crippen LogP contribution in [-0.2, 0) is 16.8 Å². The van der Waals surface area contributed by atoms with E-state index in [1.165, 1.54) is 6.26 Å². The Balaban J connectivity index is 1.87. The molecule has 20 heavy (non-hydrogen) atoms. The lowest BCUT2D eigenvalue weighted by atomic mass is 10.00. The van der Waals surface area contributed by atoms with Crippen LogP contribution in [-0.4, -0.2) is 38.9 Å². The number of hydrogen-bond acceptors (Lipinski definition) is 4. The maximum absolute atomic E-state index is 12.3. The molecular formula is C13H23N3O3S. The first-order valence-electron chi connectivity index (χ1n) is 7.09. The maximum Gasteiger partial charge on any atom is 0.279 e. The van der Waals surface area contributed by atoms with Crippen LogP contribution in [0.4, 0.5) is 0 Å². The molecule has 0 aromatic carbocycles. The molecule has 6 nitrogen and oxygen atoms in total. The van der Waals surface area contributed by atoms with Gasteiger partial charge in [0.1, 0.15) is 5.76 Å². The first-order valence-corrected chi connectivity index (χ1v) is 8.53. The minimum Gasteiger partial charge on any atom is -0.468 e. The molecule has 1 aliphatic rings. The fraction of sp³-hybridized carbons (Fsp3) is 0.692. The summed E-state index contributed by atoms with van der Waals surface area (Å²) in [4.78, 5) is 0. The quantitative estimate of drug-likeness (QED) is 0.786. The number of furan rings is 1. The van der Waals surface area contributed by atoms with Gasteiger partial charge in [0.25, 0.3) is 10.2 Å². The number of nitrogens with one attached hydrogen (secondary N) is 2.